The van der Waals surface area contributed by atoms with Gasteiger partial charge in [-0.3, -0.25) is 37.3 Å². The maximum absolute atomic E-state index is 13.0. The van der Waals surface area contributed by atoms with Gasteiger partial charge in [0, 0.05) is 25.7 Å². The number of phosphoric ester groups is 2. The number of esters is 4. The number of aliphatic hydroxyl groups excluding tert-OH is 1. The quantitative estimate of drug-likeness (QED) is 0.0222. The van der Waals surface area contributed by atoms with Gasteiger partial charge in [-0.15, -0.1) is 0 Å². The van der Waals surface area contributed by atoms with Crippen LogP contribution in [-0.4, -0.2) is 96.7 Å². The molecule has 0 aromatic rings. The molecule has 0 aliphatic rings. The van der Waals surface area contributed by atoms with E-state index in [0.29, 0.717) is 25.7 Å². The molecule has 0 heterocycles. The summed E-state index contributed by atoms with van der Waals surface area (Å²) in [7, 11) is -9.90. The Kier molecular flexibility index (Phi) is 59.4. The van der Waals surface area contributed by atoms with Gasteiger partial charge >= 0.3 is 39.5 Å². The molecule has 17 nitrogen and oxygen atoms in total. The molecule has 0 bridgehead atoms. The number of carbonyl (C=O) groups is 4. The molecule has 0 spiro atoms. The Bertz CT molecular complexity index is 1790. The smallest absolute Gasteiger partial charge is 0.462 e. The number of unbranched alkanes of at least 4 members (excludes halogenated alkanes) is 31. The zero-order valence-electron chi connectivity index (χ0n) is 58.8. The van der Waals surface area contributed by atoms with Crippen LogP contribution >= 0.6 is 15.6 Å². The van der Waals surface area contributed by atoms with Gasteiger partial charge in [0.25, 0.3) is 0 Å². The van der Waals surface area contributed by atoms with E-state index in [0.717, 1.165) is 120 Å². The van der Waals surface area contributed by atoms with Crippen molar-refractivity contribution in [3.63, 3.8) is 0 Å². The van der Waals surface area contributed by atoms with Crippen LogP contribution in [0.1, 0.15) is 351 Å². The van der Waals surface area contributed by atoms with Crippen LogP contribution in [0.5, 0.6) is 0 Å². The Labute approximate surface area is 549 Å². The lowest BCUT2D eigenvalue weighted by atomic mass is 9.99. The molecule has 0 aliphatic heterocycles. The third-order valence-electron chi connectivity index (χ3n) is 17.4. The summed E-state index contributed by atoms with van der Waals surface area (Å²) in [6.07, 6.45) is 43.0. The summed E-state index contributed by atoms with van der Waals surface area (Å²) >= 11 is 0. The predicted molar refractivity (Wildman–Crippen MR) is 363 cm³/mol. The predicted octanol–water partition coefficient (Wildman–Crippen LogP) is 20.1. The minimum atomic E-state index is -4.95. The molecule has 0 fully saturated rings. The molecule has 5 unspecified atom stereocenters. The van der Waals surface area contributed by atoms with Gasteiger partial charge in [0.05, 0.1) is 26.4 Å². The van der Waals surface area contributed by atoms with Gasteiger partial charge in [0.2, 0.25) is 0 Å². The minimum absolute atomic E-state index is 0.102. The van der Waals surface area contributed by atoms with Gasteiger partial charge in [0.1, 0.15) is 19.3 Å². The van der Waals surface area contributed by atoms with E-state index in [4.69, 9.17) is 37.0 Å². The second-order valence-corrected chi connectivity index (χ2v) is 29.7. The van der Waals surface area contributed by atoms with Crippen LogP contribution in [0.15, 0.2) is 0 Å². The van der Waals surface area contributed by atoms with E-state index in [1.807, 2.05) is 0 Å². The van der Waals surface area contributed by atoms with E-state index in [-0.39, 0.29) is 25.7 Å². The lowest BCUT2D eigenvalue weighted by molar-refractivity contribution is -0.161. The first-order chi connectivity index (χ1) is 43.2. The van der Waals surface area contributed by atoms with Crippen molar-refractivity contribution in [2.75, 3.05) is 39.6 Å². The highest BCUT2D eigenvalue weighted by Gasteiger charge is 2.30. The monoisotopic (exact) mass is 1320 g/mol. The summed E-state index contributed by atoms with van der Waals surface area (Å²) < 4.78 is 68.3. The minimum Gasteiger partial charge on any atom is -0.462 e. The normalized spacial score (nSPS) is 15.2. The SMILES string of the molecule is CCC(C)CCCCCCCCCCCCC(=O)O[C@H](COC(=O)CCCCCCCCCCCCCCCC(C)C)COP(=O)(O)OC[C@@H](O)COP(=O)(O)OC[C@@H](COC(=O)CCCCCCCCC(C)CC)OC(=O)CCCCCCCCC(C)CC. The first-order valence-electron chi connectivity index (χ1n) is 36.8. The summed E-state index contributed by atoms with van der Waals surface area (Å²) in [4.78, 5) is 72.6. The summed E-state index contributed by atoms with van der Waals surface area (Å²) in [6, 6.07) is 0. The van der Waals surface area contributed by atoms with E-state index >= 15 is 0 Å². The Hall–Kier alpha value is -1.94. The second kappa shape index (κ2) is 60.7. The molecule has 0 saturated heterocycles. The molecular formula is C71H138O17P2. The molecule has 90 heavy (non-hydrogen) atoms. The number of carbonyl (C=O) groups excluding carboxylic acids is 4. The molecule has 19 heteroatoms. The van der Waals surface area contributed by atoms with Crippen LogP contribution in [-0.2, 0) is 65.4 Å². The fourth-order valence-corrected chi connectivity index (χ4v) is 12.1. The molecule has 0 aliphatic carbocycles. The first kappa shape index (κ1) is 88.1. The largest absolute Gasteiger partial charge is 0.472 e. The van der Waals surface area contributed by atoms with Crippen molar-refractivity contribution >= 4 is 39.5 Å². The van der Waals surface area contributed by atoms with Crippen LogP contribution in [0, 0.1) is 23.7 Å². The molecule has 3 N–H and O–H groups in total. The molecule has 0 aromatic carbocycles. The highest BCUT2D eigenvalue weighted by atomic mass is 31.2. The lowest BCUT2D eigenvalue weighted by Crippen LogP contribution is -2.30. The van der Waals surface area contributed by atoms with Crippen molar-refractivity contribution in [2.24, 2.45) is 23.7 Å². The van der Waals surface area contributed by atoms with Crippen LogP contribution in [0.3, 0.4) is 0 Å². The van der Waals surface area contributed by atoms with Gasteiger partial charge in [-0.05, 0) is 49.4 Å². The number of hydrogen-bond donors (Lipinski definition) is 3. The van der Waals surface area contributed by atoms with Crippen molar-refractivity contribution in [2.45, 2.75) is 369 Å². The lowest BCUT2D eigenvalue weighted by Gasteiger charge is -2.21. The Morgan fingerprint density at radius 1 is 0.311 bits per heavy atom. The Morgan fingerprint density at radius 3 is 0.789 bits per heavy atom. The number of rotatable bonds is 68. The van der Waals surface area contributed by atoms with E-state index in [1.54, 1.807) is 0 Å². The fourth-order valence-electron chi connectivity index (χ4n) is 10.6. The highest BCUT2D eigenvalue weighted by Crippen LogP contribution is 2.45. The standard InChI is InChI=1S/C71H138O17P2/c1-9-62(6)48-40-32-24-20-17-18-22-26-37-45-53-70(75)87-66(57-81-68(73)51-43-35-25-21-16-14-12-13-15-19-23-31-39-47-61(4)5)59-85-89(77,78)83-55-65(72)56-84-90(79,80)86-60-67(88-71(76)54-46-38-30-28-34-42-50-64(8)11-3)58-82-69(74)52-44-36-29-27-33-41-49-63(7)10-2/h61-67,72H,9-60H2,1-8H3,(H,77,78)(H,79,80)/t62?,63?,64?,65-,66-,67-/m1/s1. The molecule has 0 rings (SSSR count). The molecule has 0 amide bonds. The van der Waals surface area contributed by atoms with E-state index in [1.165, 1.54) is 148 Å². The summed E-state index contributed by atoms with van der Waals surface area (Å²) in [5.41, 5.74) is 0. The second-order valence-electron chi connectivity index (χ2n) is 26.8. The molecule has 0 saturated carbocycles. The van der Waals surface area contributed by atoms with Gasteiger partial charge in [-0.25, -0.2) is 9.13 Å². The topological polar surface area (TPSA) is 237 Å². The molecule has 0 aromatic heterocycles. The molecule has 534 valence electrons. The highest BCUT2D eigenvalue weighted by molar-refractivity contribution is 7.47. The third-order valence-corrected chi connectivity index (χ3v) is 19.3. The maximum atomic E-state index is 13.0. The van der Waals surface area contributed by atoms with Gasteiger partial charge in [-0.1, -0.05) is 299 Å². The van der Waals surface area contributed by atoms with Crippen molar-refractivity contribution in [1.29, 1.82) is 0 Å². The van der Waals surface area contributed by atoms with Crippen molar-refractivity contribution in [1.82, 2.24) is 0 Å². The van der Waals surface area contributed by atoms with Gasteiger partial charge in [0.15, 0.2) is 12.2 Å². The Balaban J connectivity index is 5.25. The average Bonchev–Trinajstić information content (AvgIpc) is 3.65. The Morgan fingerprint density at radius 2 is 0.533 bits per heavy atom. The van der Waals surface area contributed by atoms with Crippen molar-refractivity contribution in [3.05, 3.63) is 0 Å². The number of hydrogen-bond acceptors (Lipinski definition) is 15. The number of ether oxygens (including phenoxy) is 4. The van der Waals surface area contributed by atoms with Crippen LogP contribution in [0.25, 0.3) is 0 Å². The van der Waals surface area contributed by atoms with Crippen LogP contribution in [0.2, 0.25) is 0 Å². The van der Waals surface area contributed by atoms with E-state index in [2.05, 4.69) is 55.4 Å². The zero-order chi connectivity index (χ0) is 66.8. The van der Waals surface area contributed by atoms with Gasteiger partial charge < -0.3 is 33.8 Å². The van der Waals surface area contributed by atoms with Crippen LogP contribution in [0.4, 0.5) is 0 Å². The van der Waals surface area contributed by atoms with E-state index in [9.17, 15) is 43.2 Å². The molecular weight excluding hydrogens is 1190 g/mol. The van der Waals surface area contributed by atoms with Gasteiger partial charge in [-0.2, -0.15) is 0 Å². The summed E-state index contributed by atoms with van der Waals surface area (Å²) in [5.74, 6) is 0.914. The molecule has 0 radical (unpaired) electrons. The zero-order valence-corrected chi connectivity index (χ0v) is 60.6. The fraction of sp³-hybridized carbons (Fsp3) is 0.944. The van der Waals surface area contributed by atoms with E-state index < -0.39 is 97.5 Å². The van der Waals surface area contributed by atoms with Crippen molar-refractivity contribution < 1.29 is 80.2 Å². The first-order valence-corrected chi connectivity index (χ1v) is 39.8. The number of aliphatic hydroxyl groups is 1. The number of phosphoric acid groups is 2. The van der Waals surface area contributed by atoms with Crippen LogP contribution < -0.4 is 0 Å². The summed E-state index contributed by atoms with van der Waals surface area (Å²) in [6.45, 7) is 14.1. The van der Waals surface area contributed by atoms with Crippen molar-refractivity contribution in [3.8, 4) is 0 Å². The molecule has 8 atom stereocenters. The maximum Gasteiger partial charge on any atom is 0.472 e. The average molecular weight is 1330 g/mol. The third kappa shape index (κ3) is 61.0. The summed E-state index contributed by atoms with van der Waals surface area (Å²) in [5, 5.41) is 10.6.